The molecule has 0 bridgehead atoms. The van der Waals surface area contributed by atoms with Crippen molar-refractivity contribution in [2.24, 2.45) is 0 Å². The first-order chi connectivity index (χ1) is 8.72. The van der Waals surface area contributed by atoms with Crippen molar-refractivity contribution in [1.29, 1.82) is 5.26 Å². The first-order valence-corrected chi connectivity index (χ1v) is 6.33. The largest absolute Gasteiger partial charge is 0.339 e. The van der Waals surface area contributed by atoms with E-state index in [-0.39, 0.29) is 5.92 Å². The van der Waals surface area contributed by atoms with Crippen LogP contribution < -0.4 is 0 Å². The van der Waals surface area contributed by atoms with Gasteiger partial charge in [0, 0.05) is 23.0 Å². The minimum absolute atomic E-state index is 0.0772. The highest BCUT2D eigenvalue weighted by atomic mass is 79.9. The number of nitriles is 1. The summed E-state index contributed by atoms with van der Waals surface area (Å²) in [5.41, 5.74) is 0.653. The van der Waals surface area contributed by atoms with E-state index in [1.807, 2.05) is 19.1 Å². The molecule has 0 fully saturated rings. The molecule has 0 aliphatic rings. The summed E-state index contributed by atoms with van der Waals surface area (Å²) in [6.07, 6.45) is 2.86. The maximum Gasteiger partial charge on any atom is 0.229 e. The smallest absolute Gasteiger partial charge is 0.229 e. The van der Waals surface area contributed by atoms with Crippen molar-refractivity contribution in [1.82, 2.24) is 15.1 Å². The van der Waals surface area contributed by atoms with E-state index in [0.717, 1.165) is 4.47 Å². The molecule has 92 valence electrons. The van der Waals surface area contributed by atoms with Gasteiger partial charge in [-0.15, -0.1) is 0 Å². The Kier molecular flexibility index (Phi) is 4.05. The topological polar surface area (TPSA) is 75.6 Å². The molecule has 18 heavy (non-hydrogen) atoms. The summed E-state index contributed by atoms with van der Waals surface area (Å²) in [5, 5.41) is 12.5. The predicted molar refractivity (Wildman–Crippen MR) is 68.5 cm³/mol. The third-order valence-electron chi connectivity index (χ3n) is 2.52. The predicted octanol–water partition coefficient (Wildman–Crippen LogP) is 3.30. The van der Waals surface area contributed by atoms with Gasteiger partial charge in [-0.05, 0) is 34.5 Å². The van der Waals surface area contributed by atoms with Crippen molar-refractivity contribution in [2.75, 3.05) is 0 Å². The van der Waals surface area contributed by atoms with Crippen LogP contribution in [0.15, 0.2) is 27.3 Å². The molecule has 6 heteroatoms. The van der Waals surface area contributed by atoms with Crippen LogP contribution in [0.5, 0.6) is 0 Å². The Hall–Kier alpha value is -1.74. The molecule has 0 aliphatic heterocycles. The second kappa shape index (κ2) is 5.74. The van der Waals surface area contributed by atoms with Crippen LogP contribution in [0, 0.1) is 11.3 Å². The Morgan fingerprint density at radius 2 is 2.39 bits per heavy atom. The van der Waals surface area contributed by atoms with Crippen LogP contribution >= 0.6 is 15.9 Å². The first kappa shape index (κ1) is 12.7. The number of pyridine rings is 1. The fourth-order valence-electron chi connectivity index (χ4n) is 1.49. The SMILES string of the molecule is CC(CCC#N)c1nc(-c2ncccc2Br)no1. The zero-order valence-electron chi connectivity index (χ0n) is 9.80. The van der Waals surface area contributed by atoms with E-state index in [2.05, 4.69) is 37.1 Å². The molecular formula is C12H11BrN4O. The van der Waals surface area contributed by atoms with E-state index in [0.29, 0.717) is 30.3 Å². The van der Waals surface area contributed by atoms with Crippen molar-refractivity contribution in [3.63, 3.8) is 0 Å². The highest BCUT2D eigenvalue weighted by Crippen LogP contribution is 2.25. The third kappa shape index (κ3) is 2.74. The second-order valence-corrected chi connectivity index (χ2v) is 4.74. The van der Waals surface area contributed by atoms with Crippen LogP contribution in [-0.4, -0.2) is 15.1 Å². The summed E-state index contributed by atoms with van der Waals surface area (Å²) in [6, 6.07) is 5.80. The maximum atomic E-state index is 8.55. The Morgan fingerprint density at radius 1 is 1.56 bits per heavy atom. The van der Waals surface area contributed by atoms with Crippen LogP contribution in [0.2, 0.25) is 0 Å². The highest BCUT2D eigenvalue weighted by Gasteiger charge is 2.16. The summed E-state index contributed by atoms with van der Waals surface area (Å²) < 4.78 is 6.02. The molecule has 2 rings (SSSR count). The number of aromatic nitrogens is 3. The Morgan fingerprint density at radius 3 is 3.11 bits per heavy atom. The lowest BCUT2D eigenvalue weighted by Gasteiger charge is -2.00. The summed E-state index contributed by atoms with van der Waals surface area (Å²) in [4.78, 5) is 8.51. The monoisotopic (exact) mass is 306 g/mol. The summed E-state index contributed by atoms with van der Waals surface area (Å²) in [6.45, 7) is 1.96. The van der Waals surface area contributed by atoms with Gasteiger partial charge in [0.25, 0.3) is 0 Å². The number of rotatable bonds is 4. The zero-order chi connectivity index (χ0) is 13.0. The third-order valence-corrected chi connectivity index (χ3v) is 3.16. The quantitative estimate of drug-likeness (QED) is 0.866. The van der Waals surface area contributed by atoms with E-state index < -0.39 is 0 Å². The molecule has 1 unspecified atom stereocenters. The molecule has 5 nitrogen and oxygen atoms in total. The number of halogens is 1. The molecule has 0 saturated carbocycles. The molecule has 0 amide bonds. The van der Waals surface area contributed by atoms with Gasteiger partial charge >= 0.3 is 0 Å². The van der Waals surface area contributed by atoms with Gasteiger partial charge in [0.2, 0.25) is 11.7 Å². The first-order valence-electron chi connectivity index (χ1n) is 5.54. The minimum Gasteiger partial charge on any atom is -0.339 e. The van der Waals surface area contributed by atoms with E-state index in [9.17, 15) is 0 Å². The molecule has 2 aromatic heterocycles. The van der Waals surface area contributed by atoms with Crippen molar-refractivity contribution in [3.05, 3.63) is 28.7 Å². The molecule has 1 atom stereocenters. The molecule has 0 aromatic carbocycles. The zero-order valence-corrected chi connectivity index (χ0v) is 11.4. The normalized spacial score (nSPS) is 12.1. The van der Waals surface area contributed by atoms with E-state index in [1.54, 1.807) is 6.20 Å². The lowest BCUT2D eigenvalue weighted by atomic mass is 10.1. The van der Waals surface area contributed by atoms with Gasteiger partial charge in [-0.1, -0.05) is 12.1 Å². The van der Waals surface area contributed by atoms with Crippen molar-refractivity contribution in [3.8, 4) is 17.6 Å². The Labute approximate surface area is 113 Å². The Balaban J connectivity index is 2.21. The van der Waals surface area contributed by atoms with Gasteiger partial charge in [0.15, 0.2) is 0 Å². The van der Waals surface area contributed by atoms with Crippen LogP contribution in [0.3, 0.4) is 0 Å². The van der Waals surface area contributed by atoms with Gasteiger partial charge in [-0.25, -0.2) is 0 Å². The molecule has 0 radical (unpaired) electrons. The van der Waals surface area contributed by atoms with E-state index in [1.165, 1.54) is 0 Å². The van der Waals surface area contributed by atoms with Crippen molar-refractivity contribution >= 4 is 15.9 Å². The lowest BCUT2D eigenvalue weighted by Crippen LogP contribution is -1.94. The van der Waals surface area contributed by atoms with Crippen molar-refractivity contribution in [2.45, 2.75) is 25.7 Å². The van der Waals surface area contributed by atoms with Gasteiger partial charge < -0.3 is 4.52 Å². The van der Waals surface area contributed by atoms with Gasteiger partial charge in [-0.3, -0.25) is 4.98 Å². The van der Waals surface area contributed by atoms with Gasteiger partial charge in [0.05, 0.1) is 6.07 Å². The van der Waals surface area contributed by atoms with Crippen LogP contribution in [0.1, 0.15) is 31.6 Å². The van der Waals surface area contributed by atoms with Gasteiger partial charge in [-0.2, -0.15) is 10.2 Å². The second-order valence-electron chi connectivity index (χ2n) is 3.89. The van der Waals surface area contributed by atoms with Crippen LogP contribution in [0.25, 0.3) is 11.5 Å². The Bertz CT molecular complexity index is 575. The lowest BCUT2D eigenvalue weighted by molar-refractivity contribution is 0.355. The summed E-state index contributed by atoms with van der Waals surface area (Å²) in [7, 11) is 0. The molecule has 0 saturated heterocycles. The standard InChI is InChI=1S/C12H11BrN4O/c1-8(4-2-6-14)12-16-11(17-18-12)10-9(13)5-3-7-15-10/h3,5,7-8H,2,4H2,1H3. The number of hydrogen-bond acceptors (Lipinski definition) is 5. The molecular weight excluding hydrogens is 296 g/mol. The minimum atomic E-state index is 0.0772. The summed E-state index contributed by atoms with van der Waals surface area (Å²) in [5.74, 6) is 1.08. The summed E-state index contributed by atoms with van der Waals surface area (Å²) >= 11 is 3.39. The molecule has 2 aromatic rings. The van der Waals surface area contributed by atoms with Crippen LogP contribution in [-0.2, 0) is 0 Å². The number of nitrogens with zero attached hydrogens (tertiary/aromatic N) is 4. The molecule has 0 N–H and O–H groups in total. The average Bonchev–Trinajstić information content (AvgIpc) is 2.86. The molecule has 0 spiro atoms. The molecule has 0 aliphatic carbocycles. The van der Waals surface area contributed by atoms with Crippen LogP contribution in [0.4, 0.5) is 0 Å². The van der Waals surface area contributed by atoms with E-state index >= 15 is 0 Å². The fourth-order valence-corrected chi connectivity index (χ4v) is 1.92. The van der Waals surface area contributed by atoms with E-state index in [4.69, 9.17) is 9.78 Å². The highest BCUT2D eigenvalue weighted by molar-refractivity contribution is 9.10. The number of hydrogen-bond donors (Lipinski definition) is 0. The maximum absolute atomic E-state index is 8.55. The fraction of sp³-hybridized carbons (Fsp3) is 0.333. The van der Waals surface area contributed by atoms with Crippen molar-refractivity contribution < 1.29 is 4.52 Å². The average molecular weight is 307 g/mol. The van der Waals surface area contributed by atoms with Gasteiger partial charge in [0.1, 0.15) is 5.69 Å². The molecule has 2 heterocycles.